The van der Waals surface area contributed by atoms with Crippen LogP contribution in [0.2, 0.25) is 0 Å². The van der Waals surface area contributed by atoms with E-state index in [-0.39, 0.29) is 11.6 Å². The molecule has 0 aliphatic rings. The van der Waals surface area contributed by atoms with Gasteiger partial charge in [0.1, 0.15) is 6.67 Å². The van der Waals surface area contributed by atoms with E-state index in [4.69, 9.17) is 16.1 Å². The van der Waals surface area contributed by atoms with Crippen LogP contribution < -0.4 is 10.6 Å². The number of alkyl halides is 1. The third-order valence-electron chi connectivity index (χ3n) is 3.19. The van der Waals surface area contributed by atoms with Crippen LogP contribution in [0.15, 0.2) is 64.5 Å². The molecule has 6 nitrogen and oxygen atoms in total. The minimum Gasteiger partial charge on any atom is -0.382 e. The number of amidine groups is 1. The quantitative estimate of drug-likeness (QED) is 0.201. The monoisotopic (exact) mass is 333 g/mol. The molecule has 1 aromatic heterocycles. The number of allylic oxidation sites excluding steroid dienone is 3. The summed E-state index contributed by atoms with van der Waals surface area (Å²) in [6.45, 7) is 0.638. The van der Waals surface area contributed by atoms with E-state index in [1.54, 1.807) is 36.5 Å². The first-order chi connectivity index (χ1) is 11.6. The zero-order valence-corrected chi connectivity index (χ0v) is 13.0. The lowest BCUT2D eigenvalue weighted by molar-refractivity contribution is 0.190. The van der Waals surface area contributed by atoms with E-state index in [1.165, 1.54) is 10.8 Å². The number of fused-ring (bicyclic) bond motifs is 1. The topological polar surface area (TPSA) is 88.8 Å². The zero-order chi connectivity index (χ0) is 17.5. The van der Waals surface area contributed by atoms with Gasteiger partial charge in [-0.15, -0.1) is 5.10 Å². The van der Waals surface area contributed by atoms with Crippen molar-refractivity contribution in [2.45, 2.75) is 13.3 Å². The van der Waals surface area contributed by atoms with Gasteiger partial charge in [0.15, 0.2) is 17.4 Å². The molecule has 0 bridgehead atoms. The van der Waals surface area contributed by atoms with E-state index < -0.39 is 12.5 Å². The number of hydrogen-bond acceptors (Lipinski definition) is 3. The average molecular weight is 333 g/mol. The van der Waals surface area contributed by atoms with Gasteiger partial charge in [0.25, 0.3) is 0 Å². The highest BCUT2D eigenvalue weighted by Crippen LogP contribution is 2.19. The summed E-state index contributed by atoms with van der Waals surface area (Å²) in [4.78, 5) is 5.45. The highest BCUT2D eigenvalue weighted by Gasteiger charge is 2.10. The predicted octanol–water partition coefficient (Wildman–Crippen LogP) is 3.84. The number of aromatic nitrogens is 1. The van der Waals surface area contributed by atoms with Gasteiger partial charge in [0.2, 0.25) is 0 Å². The van der Waals surface area contributed by atoms with Gasteiger partial charge in [-0.05, 0) is 36.8 Å². The Morgan fingerprint density at radius 2 is 2.21 bits per heavy atom. The molecule has 2 aromatic rings. The maximum Gasteiger partial charge on any atom is 0.189 e. The van der Waals surface area contributed by atoms with Gasteiger partial charge in [-0.25, -0.2) is 8.78 Å². The van der Waals surface area contributed by atoms with Crippen LogP contribution in [0.4, 0.5) is 8.78 Å². The van der Waals surface area contributed by atoms with Crippen molar-refractivity contribution in [1.29, 1.82) is 5.53 Å². The summed E-state index contributed by atoms with van der Waals surface area (Å²) in [6, 6.07) is 6.84. The van der Waals surface area contributed by atoms with E-state index in [1.807, 2.05) is 6.92 Å². The largest absolute Gasteiger partial charge is 0.382 e. The lowest BCUT2D eigenvalue weighted by Gasteiger charge is -2.09. The highest BCUT2D eigenvalue weighted by atomic mass is 19.2. The molecule has 0 unspecified atom stereocenters. The molecule has 0 amide bonds. The maximum atomic E-state index is 13.6. The van der Waals surface area contributed by atoms with Crippen LogP contribution >= 0.6 is 0 Å². The summed E-state index contributed by atoms with van der Waals surface area (Å²) < 4.78 is 27.6. The number of nitrogens with two attached hydrogens (primary N) is 1. The summed E-state index contributed by atoms with van der Waals surface area (Å²) in [5.74, 6) is -1.06. The molecular formula is C16H17F2N5O. The first-order valence-electron chi connectivity index (χ1n) is 7.21. The second kappa shape index (κ2) is 8.00. The molecule has 1 heterocycles. The number of halogens is 2. The van der Waals surface area contributed by atoms with Gasteiger partial charge in [-0.2, -0.15) is 10.3 Å². The average Bonchev–Trinajstić information content (AvgIpc) is 3.00. The maximum absolute atomic E-state index is 13.6. The second-order valence-corrected chi connectivity index (χ2v) is 4.81. The van der Waals surface area contributed by atoms with Crippen LogP contribution in [0.3, 0.4) is 0 Å². The van der Waals surface area contributed by atoms with Gasteiger partial charge in [0.05, 0.1) is 5.52 Å². The molecule has 3 N–H and O–H groups in total. The van der Waals surface area contributed by atoms with E-state index in [0.29, 0.717) is 17.5 Å². The lowest BCUT2D eigenvalue weighted by Crippen LogP contribution is -2.13. The van der Waals surface area contributed by atoms with E-state index >= 15 is 0 Å². The van der Waals surface area contributed by atoms with Crippen molar-refractivity contribution < 1.29 is 13.6 Å². The van der Waals surface area contributed by atoms with Crippen LogP contribution in [-0.4, -0.2) is 17.2 Å². The molecule has 126 valence electrons. The summed E-state index contributed by atoms with van der Waals surface area (Å²) in [6.07, 6.45) is 5.33. The van der Waals surface area contributed by atoms with E-state index in [2.05, 4.69) is 10.3 Å². The van der Waals surface area contributed by atoms with Crippen molar-refractivity contribution in [3.8, 4) is 0 Å². The van der Waals surface area contributed by atoms with Crippen molar-refractivity contribution in [1.82, 2.24) is 4.73 Å². The third-order valence-corrected chi connectivity index (χ3v) is 3.19. The van der Waals surface area contributed by atoms with Crippen molar-refractivity contribution in [3.63, 3.8) is 0 Å². The molecule has 0 radical (unpaired) electrons. The van der Waals surface area contributed by atoms with Crippen molar-refractivity contribution in [3.05, 3.63) is 59.8 Å². The van der Waals surface area contributed by atoms with Gasteiger partial charge < -0.3 is 10.6 Å². The summed E-state index contributed by atoms with van der Waals surface area (Å²) in [5, 5.41) is 7.11. The predicted molar refractivity (Wildman–Crippen MR) is 87.9 cm³/mol. The molecule has 0 saturated heterocycles. The normalized spacial score (nSPS) is 13.4. The molecule has 1 aromatic carbocycles. The zero-order valence-electron chi connectivity index (χ0n) is 13.0. The summed E-state index contributed by atoms with van der Waals surface area (Å²) >= 11 is 0. The van der Waals surface area contributed by atoms with Crippen molar-refractivity contribution in [2.24, 2.45) is 16.1 Å². The Kier molecular flexibility index (Phi) is 5.78. The van der Waals surface area contributed by atoms with Gasteiger partial charge >= 0.3 is 0 Å². The highest BCUT2D eigenvalue weighted by molar-refractivity contribution is 6.00. The van der Waals surface area contributed by atoms with E-state index in [0.717, 1.165) is 5.39 Å². The minimum absolute atomic E-state index is 0.107. The fraction of sp³-hybridized carbons (Fsp3) is 0.188. The molecule has 0 aliphatic carbocycles. The van der Waals surface area contributed by atoms with Crippen LogP contribution in [0.5, 0.6) is 0 Å². The van der Waals surface area contributed by atoms with Gasteiger partial charge in [-0.3, -0.25) is 0 Å². The number of nitrogens with one attached hydrogen (secondary N) is 1. The number of hydrogen-bond donors (Lipinski definition) is 2. The minimum atomic E-state index is -1.24. The number of benzene rings is 1. The summed E-state index contributed by atoms with van der Waals surface area (Å²) in [5.41, 5.74) is 13.6. The fourth-order valence-electron chi connectivity index (χ4n) is 2.03. The molecule has 2 rings (SSSR count). The molecule has 8 heteroatoms. The van der Waals surface area contributed by atoms with Crippen LogP contribution in [0, 0.1) is 5.53 Å². The van der Waals surface area contributed by atoms with Crippen molar-refractivity contribution >= 4 is 16.7 Å². The molecule has 0 atom stereocenters. The molecular weight excluding hydrogens is 316 g/mol. The lowest BCUT2D eigenvalue weighted by atomic mass is 10.1. The second-order valence-electron chi connectivity index (χ2n) is 4.81. The first kappa shape index (κ1) is 17.3. The fourth-order valence-corrected chi connectivity index (χ4v) is 2.03. The third kappa shape index (κ3) is 3.83. The smallest absolute Gasteiger partial charge is 0.189 e. The summed E-state index contributed by atoms with van der Waals surface area (Å²) in [7, 11) is 0. The molecule has 0 fully saturated rings. The number of nitrogens with zero attached hydrogens (tertiary/aromatic N) is 3. The Hall–Kier alpha value is -3.03. The Balaban J connectivity index is 2.38. The Bertz CT molecular complexity index is 823. The van der Waals surface area contributed by atoms with Crippen LogP contribution in [-0.2, 0) is 0 Å². The van der Waals surface area contributed by atoms with Gasteiger partial charge in [0, 0.05) is 17.1 Å². The van der Waals surface area contributed by atoms with Crippen molar-refractivity contribution in [2.75, 3.05) is 6.67 Å². The molecule has 0 spiro atoms. The Morgan fingerprint density at radius 3 is 2.88 bits per heavy atom. The number of rotatable bonds is 7. The van der Waals surface area contributed by atoms with E-state index in [9.17, 15) is 8.78 Å². The molecule has 0 saturated carbocycles. The molecule has 0 aliphatic heterocycles. The Labute approximate surface area is 137 Å². The SMILES string of the molecule is CC/C=C\C(On1ccc2cc(C(N)=NN=N)ccc21)=C(\F)CF. The standard InChI is InChI=1S/C16H17F2N5O/c1-2-3-4-15(13(18)10-17)24-23-8-7-11-9-12(5-6-14(11)23)16(19)21-22-20/h3-9H,2,10H2,1H3,(H3,19,20,21)/b4-3-,15-13-. The first-order valence-corrected chi connectivity index (χ1v) is 7.21. The van der Waals surface area contributed by atoms with Gasteiger partial charge in [-0.1, -0.05) is 18.2 Å². The Morgan fingerprint density at radius 1 is 1.42 bits per heavy atom. The molecule has 24 heavy (non-hydrogen) atoms. The van der Waals surface area contributed by atoms with Crippen LogP contribution in [0.1, 0.15) is 18.9 Å². The van der Waals surface area contributed by atoms with Crippen LogP contribution in [0.25, 0.3) is 10.9 Å².